The first-order valence-electron chi connectivity index (χ1n) is 7.60. The topological polar surface area (TPSA) is 87.7 Å². The van der Waals surface area contributed by atoms with Crippen LogP contribution < -0.4 is 10.8 Å². The largest absolute Gasteiger partial charge is 0.480 e. The summed E-state index contributed by atoms with van der Waals surface area (Å²) in [6.45, 7) is 0.203. The molecule has 0 fully saturated rings. The monoisotopic (exact) mass is 328 g/mol. The number of carbonyl (C=O) groups is 2. The molecular formula is C18H20N2O4. The molecule has 6 nitrogen and oxygen atoms in total. The number of hydroxylamine groups is 1. The zero-order chi connectivity index (χ0) is 17.2. The molecule has 126 valence electrons. The second-order valence-corrected chi connectivity index (χ2v) is 5.20. The number of carboxylic acids is 1. The summed E-state index contributed by atoms with van der Waals surface area (Å²) in [5, 5.41) is 11.1. The highest BCUT2D eigenvalue weighted by Crippen LogP contribution is 2.15. The van der Waals surface area contributed by atoms with E-state index in [9.17, 15) is 9.59 Å². The van der Waals surface area contributed by atoms with Gasteiger partial charge < -0.3 is 10.4 Å². The lowest BCUT2D eigenvalue weighted by atomic mass is 9.98. The van der Waals surface area contributed by atoms with Gasteiger partial charge in [-0.1, -0.05) is 60.7 Å². The van der Waals surface area contributed by atoms with E-state index in [4.69, 9.17) is 9.94 Å². The standard InChI is InChI=1S/C18H20N2O4/c21-17(22)12-19-18(23)16(15-9-5-2-6-10-15)11-20-24-13-14-7-3-1-4-8-14/h1-10,16,20H,11-13H2,(H,19,23)(H,21,22). The number of aliphatic carboxylic acids is 1. The van der Waals surface area contributed by atoms with Crippen molar-refractivity contribution < 1.29 is 19.5 Å². The normalized spacial score (nSPS) is 11.7. The Kier molecular flexibility index (Phi) is 6.94. The fourth-order valence-electron chi connectivity index (χ4n) is 2.18. The Bertz CT molecular complexity index is 647. The summed E-state index contributed by atoms with van der Waals surface area (Å²) in [5.41, 5.74) is 4.59. The van der Waals surface area contributed by atoms with Gasteiger partial charge in [0.1, 0.15) is 6.54 Å². The first kappa shape index (κ1) is 17.7. The second-order valence-electron chi connectivity index (χ2n) is 5.20. The number of hydrogen-bond donors (Lipinski definition) is 3. The van der Waals surface area contributed by atoms with Crippen LogP contribution >= 0.6 is 0 Å². The van der Waals surface area contributed by atoms with E-state index < -0.39 is 18.4 Å². The Morgan fingerprint density at radius 1 is 1.00 bits per heavy atom. The summed E-state index contributed by atoms with van der Waals surface area (Å²) in [7, 11) is 0. The maximum absolute atomic E-state index is 12.2. The third-order valence-electron chi connectivity index (χ3n) is 3.40. The van der Waals surface area contributed by atoms with Gasteiger partial charge in [-0.15, -0.1) is 0 Å². The molecule has 2 rings (SSSR count). The molecule has 1 atom stereocenters. The van der Waals surface area contributed by atoms with Crippen molar-refractivity contribution in [3.63, 3.8) is 0 Å². The Morgan fingerprint density at radius 2 is 1.62 bits per heavy atom. The van der Waals surface area contributed by atoms with Gasteiger partial charge in [0.25, 0.3) is 0 Å². The molecular weight excluding hydrogens is 308 g/mol. The van der Waals surface area contributed by atoms with E-state index in [-0.39, 0.29) is 12.5 Å². The summed E-state index contributed by atoms with van der Waals surface area (Å²) in [4.78, 5) is 28.3. The maximum Gasteiger partial charge on any atom is 0.322 e. The molecule has 1 unspecified atom stereocenters. The Balaban J connectivity index is 1.90. The first-order chi connectivity index (χ1) is 11.7. The van der Waals surface area contributed by atoms with Gasteiger partial charge in [0.05, 0.1) is 12.5 Å². The molecule has 1 amide bonds. The molecule has 2 aromatic carbocycles. The highest BCUT2D eigenvalue weighted by Gasteiger charge is 2.20. The van der Waals surface area contributed by atoms with Gasteiger partial charge in [-0.25, -0.2) is 5.48 Å². The molecule has 0 heterocycles. The number of carbonyl (C=O) groups excluding carboxylic acids is 1. The van der Waals surface area contributed by atoms with E-state index in [0.717, 1.165) is 11.1 Å². The Hall–Kier alpha value is -2.70. The zero-order valence-electron chi connectivity index (χ0n) is 13.1. The smallest absolute Gasteiger partial charge is 0.322 e. The van der Waals surface area contributed by atoms with Crippen molar-refractivity contribution >= 4 is 11.9 Å². The van der Waals surface area contributed by atoms with Crippen molar-refractivity contribution in [2.24, 2.45) is 0 Å². The molecule has 0 aromatic heterocycles. The van der Waals surface area contributed by atoms with Crippen molar-refractivity contribution in [3.8, 4) is 0 Å². The molecule has 2 aromatic rings. The fraction of sp³-hybridized carbons (Fsp3) is 0.222. The highest BCUT2D eigenvalue weighted by molar-refractivity contribution is 5.86. The third kappa shape index (κ3) is 5.83. The minimum atomic E-state index is -1.08. The van der Waals surface area contributed by atoms with E-state index in [0.29, 0.717) is 6.61 Å². The van der Waals surface area contributed by atoms with E-state index in [1.807, 2.05) is 60.7 Å². The van der Waals surface area contributed by atoms with Crippen molar-refractivity contribution in [2.45, 2.75) is 12.5 Å². The van der Waals surface area contributed by atoms with Crippen LogP contribution in [0.1, 0.15) is 17.0 Å². The molecule has 0 aliphatic heterocycles. The molecule has 24 heavy (non-hydrogen) atoms. The molecule has 0 aliphatic rings. The predicted octanol–water partition coefficient (Wildman–Crippen LogP) is 1.69. The quantitative estimate of drug-likeness (QED) is 0.482. The van der Waals surface area contributed by atoms with Crippen molar-refractivity contribution in [3.05, 3.63) is 71.8 Å². The zero-order valence-corrected chi connectivity index (χ0v) is 13.1. The van der Waals surface area contributed by atoms with Gasteiger partial charge in [-0.2, -0.15) is 0 Å². The van der Waals surface area contributed by atoms with Crippen molar-refractivity contribution in [1.82, 2.24) is 10.8 Å². The summed E-state index contributed by atoms with van der Waals surface area (Å²) in [6, 6.07) is 18.8. The molecule has 0 aliphatic carbocycles. The van der Waals surface area contributed by atoms with E-state index in [1.54, 1.807) is 0 Å². The predicted molar refractivity (Wildman–Crippen MR) is 89.1 cm³/mol. The molecule has 0 spiro atoms. The average molecular weight is 328 g/mol. The highest BCUT2D eigenvalue weighted by atomic mass is 16.6. The summed E-state index contributed by atoms with van der Waals surface area (Å²) < 4.78 is 0. The summed E-state index contributed by atoms with van der Waals surface area (Å²) in [6.07, 6.45) is 0. The molecule has 0 bridgehead atoms. The van der Waals surface area contributed by atoms with Crippen LogP contribution in [-0.4, -0.2) is 30.1 Å². The lowest BCUT2D eigenvalue weighted by Gasteiger charge is -2.17. The third-order valence-corrected chi connectivity index (χ3v) is 3.40. The Labute approximate surface area is 140 Å². The number of amides is 1. The van der Waals surface area contributed by atoms with Crippen LogP contribution in [0.2, 0.25) is 0 Å². The number of hydrogen-bond acceptors (Lipinski definition) is 4. The first-order valence-corrected chi connectivity index (χ1v) is 7.60. The van der Waals surface area contributed by atoms with Gasteiger partial charge in [0.2, 0.25) is 5.91 Å². The van der Waals surface area contributed by atoms with Crippen LogP contribution in [0.25, 0.3) is 0 Å². The van der Waals surface area contributed by atoms with Gasteiger partial charge in [0, 0.05) is 6.54 Å². The van der Waals surface area contributed by atoms with Gasteiger partial charge in [0.15, 0.2) is 0 Å². The van der Waals surface area contributed by atoms with E-state index in [2.05, 4.69) is 10.8 Å². The molecule has 3 N–H and O–H groups in total. The summed E-state index contributed by atoms with van der Waals surface area (Å²) in [5.74, 6) is -1.98. The SMILES string of the molecule is O=C(O)CNC(=O)C(CNOCc1ccccc1)c1ccccc1. The lowest BCUT2D eigenvalue weighted by Crippen LogP contribution is -2.37. The van der Waals surface area contributed by atoms with Crippen LogP contribution in [-0.2, 0) is 21.0 Å². The van der Waals surface area contributed by atoms with Gasteiger partial charge in [-0.05, 0) is 11.1 Å². The number of rotatable bonds is 9. The lowest BCUT2D eigenvalue weighted by molar-refractivity contribution is -0.138. The van der Waals surface area contributed by atoms with Crippen LogP contribution in [0.3, 0.4) is 0 Å². The van der Waals surface area contributed by atoms with E-state index in [1.165, 1.54) is 0 Å². The Morgan fingerprint density at radius 3 is 2.25 bits per heavy atom. The molecule has 0 saturated carbocycles. The number of nitrogens with one attached hydrogen (secondary N) is 2. The van der Waals surface area contributed by atoms with Crippen LogP contribution in [0.15, 0.2) is 60.7 Å². The minimum absolute atomic E-state index is 0.238. The van der Waals surface area contributed by atoms with Crippen molar-refractivity contribution in [2.75, 3.05) is 13.1 Å². The van der Waals surface area contributed by atoms with Gasteiger partial charge >= 0.3 is 5.97 Å². The summed E-state index contributed by atoms with van der Waals surface area (Å²) >= 11 is 0. The van der Waals surface area contributed by atoms with Crippen LogP contribution in [0.4, 0.5) is 0 Å². The van der Waals surface area contributed by atoms with Crippen LogP contribution in [0, 0.1) is 0 Å². The molecule has 0 saturated heterocycles. The molecule has 6 heteroatoms. The van der Waals surface area contributed by atoms with Crippen molar-refractivity contribution in [1.29, 1.82) is 0 Å². The molecule has 0 radical (unpaired) electrons. The number of carboxylic acid groups (broad SMARTS) is 1. The van der Waals surface area contributed by atoms with Gasteiger partial charge in [-0.3, -0.25) is 14.4 Å². The number of benzene rings is 2. The fourth-order valence-corrected chi connectivity index (χ4v) is 2.18. The average Bonchev–Trinajstić information content (AvgIpc) is 2.61. The van der Waals surface area contributed by atoms with Crippen LogP contribution in [0.5, 0.6) is 0 Å². The second kappa shape index (κ2) is 9.44. The minimum Gasteiger partial charge on any atom is -0.480 e. The van der Waals surface area contributed by atoms with E-state index >= 15 is 0 Å². The maximum atomic E-state index is 12.2.